The highest BCUT2D eigenvalue weighted by atomic mass is 32.2. The molecule has 6 amide bonds. The predicted octanol–water partition coefficient (Wildman–Crippen LogP) is 2.66. The molecule has 13 nitrogen and oxygen atoms in total. The first-order valence-electron chi connectivity index (χ1n) is 19.2. The second-order valence-corrected chi connectivity index (χ2v) is 17.3. The van der Waals surface area contributed by atoms with E-state index in [1.54, 1.807) is 4.90 Å². The quantitative estimate of drug-likeness (QED) is 0.0984. The second kappa shape index (κ2) is 16.7. The van der Waals surface area contributed by atoms with Crippen LogP contribution in [0.15, 0.2) is 12.1 Å². The minimum absolute atomic E-state index is 0.0144. The van der Waals surface area contributed by atoms with E-state index < -0.39 is 11.6 Å². The van der Waals surface area contributed by atoms with Crippen molar-refractivity contribution in [2.24, 2.45) is 11.8 Å². The van der Waals surface area contributed by atoms with Gasteiger partial charge in [-0.05, 0) is 86.5 Å². The van der Waals surface area contributed by atoms with E-state index in [-0.39, 0.29) is 66.7 Å². The standard InChI is InChI=1S/C37H53F2N7O6S/c38-27-12-25-19-46(20-26(25)13-28(27)39)32(48)18-42-36-14-23-11-24(15-36)17-37(16-23,22-36)45-34(49)41-6-8-52-10-9-51-7-5-40-31(47)4-2-1-3-30-33-29(21-53-30)43-35(50)44-33/h12-13,23-24,29-30,33,42H,1-11,14-22H2,(H,40,47)(H2,41,45,49)(H2,43,44,50). The lowest BCUT2D eigenvalue weighted by Gasteiger charge is -2.62. The molecule has 4 saturated carbocycles. The van der Waals surface area contributed by atoms with Crippen molar-refractivity contribution in [3.8, 4) is 0 Å². The van der Waals surface area contributed by atoms with Crippen LogP contribution >= 0.6 is 11.8 Å². The van der Waals surface area contributed by atoms with E-state index >= 15 is 0 Å². The maximum absolute atomic E-state index is 13.7. The van der Waals surface area contributed by atoms with Crippen molar-refractivity contribution in [2.75, 3.05) is 51.8 Å². The number of thioether (sulfide) groups is 1. The molecule has 5 unspecified atom stereocenters. The van der Waals surface area contributed by atoms with Gasteiger partial charge in [-0.1, -0.05) is 6.42 Å². The summed E-state index contributed by atoms with van der Waals surface area (Å²) in [5, 5.41) is 19.1. The Bertz CT molecular complexity index is 1490. The molecule has 8 rings (SSSR count). The summed E-state index contributed by atoms with van der Waals surface area (Å²) in [4.78, 5) is 51.5. The summed E-state index contributed by atoms with van der Waals surface area (Å²) in [5.74, 6) is 0.0406. The van der Waals surface area contributed by atoms with Crippen LogP contribution in [0.5, 0.6) is 0 Å². The zero-order valence-electron chi connectivity index (χ0n) is 30.2. The van der Waals surface area contributed by atoms with Gasteiger partial charge in [0.2, 0.25) is 11.8 Å². The third-order valence-electron chi connectivity index (χ3n) is 11.9. The van der Waals surface area contributed by atoms with Crippen LogP contribution in [0.25, 0.3) is 0 Å². The Hall–Kier alpha value is -3.21. The average molecular weight is 762 g/mol. The van der Waals surface area contributed by atoms with Crippen molar-refractivity contribution < 1.29 is 37.4 Å². The predicted molar refractivity (Wildman–Crippen MR) is 194 cm³/mol. The number of hydrogen-bond acceptors (Lipinski definition) is 8. The summed E-state index contributed by atoms with van der Waals surface area (Å²) in [6.45, 7) is 3.02. The van der Waals surface area contributed by atoms with E-state index in [4.69, 9.17) is 9.47 Å². The van der Waals surface area contributed by atoms with Gasteiger partial charge in [0.05, 0.1) is 45.1 Å². The van der Waals surface area contributed by atoms with Crippen molar-refractivity contribution in [2.45, 2.75) is 106 Å². The monoisotopic (exact) mass is 761 g/mol. The number of halogens is 2. The van der Waals surface area contributed by atoms with Crippen LogP contribution in [0.3, 0.4) is 0 Å². The van der Waals surface area contributed by atoms with Crippen LogP contribution in [0.4, 0.5) is 18.4 Å². The summed E-state index contributed by atoms with van der Waals surface area (Å²) >= 11 is 1.89. The maximum atomic E-state index is 13.7. The Labute approximate surface area is 313 Å². The molecule has 0 radical (unpaired) electrons. The molecule has 5 atom stereocenters. The number of amides is 6. The topological polar surface area (TPSA) is 162 Å². The summed E-state index contributed by atoms with van der Waals surface area (Å²) in [6, 6.07) is 2.51. The van der Waals surface area contributed by atoms with Crippen LogP contribution in [0.2, 0.25) is 0 Å². The minimum Gasteiger partial charge on any atom is -0.377 e. The first kappa shape index (κ1) is 38.1. The molecule has 4 bridgehead atoms. The Morgan fingerprint density at radius 3 is 2.25 bits per heavy atom. The van der Waals surface area contributed by atoms with E-state index in [9.17, 15) is 28.0 Å². The molecule has 3 heterocycles. The van der Waals surface area contributed by atoms with Crippen LogP contribution in [0, 0.1) is 23.5 Å². The third-order valence-corrected chi connectivity index (χ3v) is 13.4. The van der Waals surface area contributed by atoms with Gasteiger partial charge in [-0.15, -0.1) is 0 Å². The molecule has 0 spiro atoms. The Kier molecular flexibility index (Phi) is 12.0. The van der Waals surface area contributed by atoms with E-state index in [1.807, 2.05) is 11.8 Å². The molecule has 7 aliphatic rings. The molecule has 2 saturated heterocycles. The second-order valence-electron chi connectivity index (χ2n) is 16.0. The molecule has 16 heteroatoms. The molecule has 1 aromatic carbocycles. The van der Waals surface area contributed by atoms with Gasteiger partial charge in [0.1, 0.15) is 0 Å². The lowest BCUT2D eigenvalue weighted by Crippen LogP contribution is -2.70. The minimum atomic E-state index is -0.893. The van der Waals surface area contributed by atoms with E-state index in [0.29, 0.717) is 74.2 Å². The molecule has 6 fully saturated rings. The number of unbranched alkanes of at least 4 members (excludes halogenated alkanes) is 1. The highest BCUT2D eigenvalue weighted by Crippen LogP contribution is 2.57. The average Bonchev–Trinajstić information content (AvgIpc) is 3.80. The smallest absolute Gasteiger partial charge is 0.315 e. The normalized spacial score (nSPS) is 30.5. The molecule has 6 N–H and O–H groups in total. The van der Waals surface area contributed by atoms with Gasteiger partial charge in [-0.25, -0.2) is 18.4 Å². The van der Waals surface area contributed by atoms with Crippen LogP contribution in [0.1, 0.15) is 75.3 Å². The number of nitrogens with zero attached hydrogens (tertiary/aromatic N) is 1. The zero-order chi connectivity index (χ0) is 37.0. The lowest BCUT2D eigenvalue weighted by atomic mass is 9.50. The SMILES string of the molecule is O=C(CCCCC1SCC2NC(=O)NC21)NCCOCCOCCNC(=O)NC12CC3CC(CC(NCC(=O)N4Cc5cc(F)c(F)cc5C4)(C3)C1)C2. The van der Waals surface area contributed by atoms with Crippen molar-refractivity contribution in [3.05, 3.63) is 34.9 Å². The van der Waals surface area contributed by atoms with Crippen molar-refractivity contribution in [3.63, 3.8) is 0 Å². The fourth-order valence-corrected chi connectivity index (χ4v) is 11.6. The molecule has 4 aliphatic carbocycles. The van der Waals surface area contributed by atoms with Crippen molar-refractivity contribution in [1.82, 2.24) is 36.8 Å². The first-order chi connectivity index (χ1) is 25.6. The highest BCUT2D eigenvalue weighted by molar-refractivity contribution is 8.00. The number of fused-ring (bicyclic) bond motifs is 2. The largest absolute Gasteiger partial charge is 0.377 e. The number of ether oxygens (including phenoxy) is 2. The third kappa shape index (κ3) is 9.37. The van der Waals surface area contributed by atoms with Gasteiger partial charge in [-0.3, -0.25) is 9.59 Å². The van der Waals surface area contributed by atoms with Crippen LogP contribution in [-0.2, 0) is 32.2 Å². The summed E-state index contributed by atoms with van der Waals surface area (Å²) < 4.78 is 38.6. The first-order valence-corrected chi connectivity index (χ1v) is 20.3. The Morgan fingerprint density at radius 2 is 1.55 bits per heavy atom. The van der Waals surface area contributed by atoms with Crippen molar-refractivity contribution in [1.29, 1.82) is 0 Å². The van der Waals surface area contributed by atoms with Gasteiger partial charge in [0.15, 0.2) is 11.6 Å². The van der Waals surface area contributed by atoms with Crippen molar-refractivity contribution >= 4 is 35.6 Å². The molecule has 0 aromatic heterocycles. The summed E-state index contributed by atoms with van der Waals surface area (Å²) in [7, 11) is 0. The zero-order valence-corrected chi connectivity index (χ0v) is 31.1. The number of hydrogen-bond donors (Lipinski definition) is 6. The number of carbonyl (C=O) groups is 4. The Balaban J connectivity index is 0.717. The van der Waals surface area contributed by atoms with Gasteiger partial charge < -0.3 is 46.3 Å². The molecular formula is C37H53F2N7O6S. The number of rotatable bonds is 18. The highest BCUT2D eigenvalue weighted by Gasteiger charge is 2.58. The van der Waals surface area contributed by atoms with Crippen LogP contribution < -0.4 is 31.9 Å². The fraction of sp³-hybridized carbons (Fsp3) is 0.730. The van der Waals surface area contributed by atoms with Gasteiger partial charge >= 0.3 is 12.1 Å². The molecule has 1 aromatic rings. The fourth-order valence-electron chi connectivity index (χ4n) is 10.0. The van der Waals surface area contributed by atoms with E-state index in [0.717, 1.165) is 63.5 Å². The lowest BCUT2D eigenvalue weighted by molar-refractivity contribution is -0.132. The number of nitrogens with one attached hydrogen (secondary N) is 6. The number of benzene rings is 1. The molecular weight excluding hydrogens is 709 g/mol. The van der Waals surface area contributed by atoms with Gasteiger partial charge in [0.25, 0.3) is 0 Å². The molecule has 3 aliphatic heterocycles. The Morgan fingerprint density at radius 1 is 0.887 bits per heavy atom. The number of carbonyl (C=O) groups excluding carboxylic acids is 4. The molecule has 53 heavy (non-hydrogen) atoms. The summed E-state index contributed by atoms with van der Waals surface area (Å²) in [6.07, 6.45) is 8.96. The van der Waals surface area contributed by atoms with Gasteiger partial charge in [0, 0.05) is 54.7 Å². The van der Waals surface area contributed by atoms with E-state index in [1.165, 1.54) is 12.1 Å². The number of urea groups is 2. The maximum Gasteiger partial charge on any atom is 0.315 e. The van der Waals surface area contributed by atoms with E-state index in [2.05, 4.69) is 31.9 Å². The van der Waals surface area contributed by atoms with Crippen LogP contribution in [-0.4, -0.2) is 109 Å². The summed E-state index contributed by atoms with van der Waals surface area (Å²) in [5.41, 5.74) is 0.750. The molecule has 292 valence electrons. The van der Waals surface area contributed by atoms with Gasteiger partial charge in [-0.2, -0.15) is 11.8 Å².